The maximum absolute atomic E-state index is 11.7. The lowest BCUT2D eigenvalue weighted by molar-refractivity contribution is 0.0871. The smallest absolute Gasteiger partial charge is 0.123 e. The van der Waals surface area contributed by atoms with Gasteiger partial charge in [-0.05, 0) is 82.5 Å². The highest BCUT2D eigenvalue weighted by atomic mass is 16.3. The maximum atomic E-state index is 11.7. The molecule has 4 fully saturated rings. The van der Waals surface area contributed by atoms with E-state index in [9.17, 15) is 5.11 Å². The van der Waals surface area contributed by atoms with Gasteiger partial charge in [0.2, 0.25) is 0 Å². The molecule has 4 aliphatic carbocycles. The van der Waals surface area contributed by atoms with Crippen LogP contribution in [0.15, 0.2) is 12.1 Å². The summed E-state index contributed by atoms with van der Waals surface area (Å²) in [6.45, 7) is 5.61. The molecule has 4 saturated carbocycles. The van der Waals surface area contributed by atoms with Gasteiger partial charge in [-0.15, -0.1) is 0 Å². The van der Waals surface area contributed by atoms with E-state index in [1.807, 2.05) is 0 Å². The van der Waals surface area contributed by atoms with Crippen LogP contribution >= 0.6 is 0 Å². The summed E-state index contributed by atoms with van der Waals surface area (Å²) in [6.07, 6.45) is 16.9. The molecule has 0 unspecified atom stereocenters. The van der Waals surface area contributed by atoms with E-state index in [-0.39, 0.29) is 5.41 Å². The second-order valence-corrected chi connectivity index (χ2v) is 12.4. The van der Waals surface area contributed by atoms with Crippen LogP contribution in [0.1, 0.15) is 108 Å². The van der Waals surface area contributed by atoms with Gasteiger partial charge in [0.25, 0.3) is 0 Å². The van der Waals surface area contributed by atoms with Crippen LogP contribution in [0, 0.1) is 11.8 Å². The maximum Gasteiger partial charge on any atom is 0.123 e. The fraction of sp³-hybridized carbons (Fsp3) is 0.800. The van der Waals surface area contributed by atoms with E-state index in [4.69, 9.17) is 0 Å². The predicted octanol–water partition coefficient (Wildman–Crippen LogP) is 6.90. The molecule has 0 radical (unpaired) electrons. The van der Waals surface area contributed by atoms with Crippen molar-refractivity contribution in [1.82, 2.24) is 9.80 Å². The van der Waals surface area contributed by atoms with Crippen molar-refractivity contribution in [3.05, 3.63) is 28.8 Å². The fourth-order valence-electron chi connectivity index (χ4n) is 7.68. The standard InChI is InChI=1S/C30H50N2O/c1-6-7-10-24-17-25(21-32(5)28-12-9-8-11-27(28)31(3)4)29(33)26(18-24)30(2)19-22-13-14-23(20-30)16-15-22/h17-18,22-23,27-28,33H,6-16,19-21H2,1-5H3/t22?,23?,27-,28-,30?/m1/s1. The highest BCUT2D eigenvalue weighted by Crippen LogP contribution is 2.51. The van der Waals surface area contributed by atoms with Crippen LogP contribution in [-0.2, 0) is 18.4 Å². The summed E-state index contributed by atoms with van der Waals surface area (Å²) in [4.78, 5) is 4.97. The van der Waals surface area contributed by atoms with Gasteiger partial charge in [0, 0.05) is 29.8 Å². The Labute approximate surface area is 203 Å². The van der Waals surface area contributed by atoms with Gasteiger partial charge in [-0.3, -0.25) is 4.90 Å². The molecule has 5 rings (SSSR count). The lowest BCUT2D eigenvalue weighted by atomic mass is 9.72. The van der Waals surface area contributed by atoms with Gasteiger partial charge in [-0.25, -0.2) is 0 Å². The Morgan fingerprint density at radius 3 is 2.09 bits per heavy atom. The second-order valence-electron chi connectivity index (χ2n) is 12.4. The van der Waals surface area contributed by atoms with Crippen molar-refractivity contribution in [2.45, 2.75) is 121 Å². The van der Waals surface area contributed by atoms with Crippen molar-refractivity contribution in [2.75, 3.05) is 21.1 Å². The number of phenols is 1. The molecule has 0 amide bonds. The van der Waals surface area contributed by atoms with E-state index < -0.39 is 0 Å². The SMILES string of the molecule is CCCCc1cc(CN(C)[C@@H]2CCCC[C@H]2N(C)C)c(O)c(C2(C)CC3CCC(CC3)C2)c1. The molecule has 186 valence electrons. The van der Waals surface area contributed by atoms with E-state index >= 15 is 0 Å². The van der Waals surface area contributed by atoms with Crippen molar-refractivity contribution in [1.29, 1.82) is 0 Å². The van der Waals surface area contributed by atoms with Crippen molar-refractivity contribution in [3.63, 3.8) is 0 Å². The second kappa shape index (κ2) is 10.7. The number of benzene rings is 1. The largest absolute Gasteiger partial charge is 0.507 e. The highest BCUT2D eigenvalue weighted by Gasteiger charge is 2.41. The van der Waals surface area contributed by atoms with Crippen LogP contribution in [-0.4, -0.2) is 48.1 Å². The summed E-state index contributed by atoms with van der Waals surface area (Å²) in [6, 6.07) is 5.93. The molecule has 0 heterocycles. The molecular formula is C30H50N2O. The number of unbranched alkanes of at least 4 members (excludes halogenated alkanes) is 1. The highest BCUT2D eigenvalue weighted by molar-refractivity contribution is 5.48. The summed E-state index contributed by atoms with van der Waals surface area (Å²) < 4.78 is 0. The molecule has 33 heavy (non-hydrogen) atoms. The average molecular weight is 455 g/mol. The summed E-state index contributed by atoms with van der Waals surface area (Å²) in [5, 5.41) is 11.7. The van der Waals surface area contributed by atoms with E-state index in [1.54, 1.807) is 0 Å². The summed E-state index contributed by atoms with van der Waals surface area (Å²) >= 11 is 0. The molecule has 3 nitrogen and oxygen atoms in total. The van der Waals surface area contributed by atoms with Gasteiger partial charge in [0.1, 0.15) is 5.75 Å². The lowest BCUT2D eigenvalue weighted by Crippen LogP contribution is -2.49. The van der Waals surface area contributed by atoms with Crippen molar-refractivity contribution >= 4 is 0 Å². The third-order valence-electron chi connectivity index (χ3n) is 9.51. The number of nitrogens with zero attached hydrogens (tertiary/aromatic N) is 2. The zero-order chi connectivity index (χ0) is 23.6. The first-order chi connectivity index (χ1) is 15.8. The van der Waals surface area contributed by atoms with Gasteiger partial charge >= 0.3 is 0 Å². The molecule has 1 N–H and O–H groups in total. The van der Waals surface area contributed by atoms with E-state index in [1.165, 1.54) is 93.7 Å². The number of phenolic OH excluding ortho intramolecular Hbond substituents is 1. The number of likely N-dealkylation sites (N-methyl/N-ethyl adjacent to an activating group) is 2. The molecule has 0 saturated heterocycles. The Bertz CT molecular complexity index is 766. The van der Waals surface area contributed by atoms with Gasteiger partial charge < -0.3 is 10.0 Å². The van der Waals surface area contributed by atoms with Crippen LogP contribution in [0.3, 0.4) is 0 Å². The number of aryl methyl sites for hydroxylation is 1. The predicted molar refractivity (Wildman–Crippen MR) is 140 cm³/mol. The molecule has 1 aromatic carbocycles. The molecule has 2 atom stereocenters. The Balaban J connectivity index is 1.64. The Hall–Kier alpha value is -1.06. The minimum atomic E-state index is 0.124. The third kappa shape index (κ3) is 5.61. The molecule has 4 aliphatic rings. The van der Waals surface area contributed by atoms with Crippen molar-refractivity contribution in [2.24, 2.45) is 11.8 Å². The van der Waals surface area contributed by atoms with Crippen LogP contribution in [0.2, 0.25) is 0 Å². The number of rotatable bonds is 8. The van der Waals surface area contributed by atoms with Gasteiger partial charge in [-0.1, -0.05) is 70.9 Å². The molecule has 0 aliphatic heterocycles. The van der Waals surface area contributed by atoms with Crippen molar-refractivity contribution in [3.8, 4) is 5.75 Å². The minimum absolute atomic E-state index is 0.124. The van der Waals surface area contributed by atoms with Crippen LogP contribution in [0.4, 0.5) is 0 Å². The monoisotopic (exact) mass is 454 g/mol. The zero-order valence-electron chi connectivity index (χ0n) is 22.2. The summed E-state index contributed by atoms with van der Waals surface area (Å²) in [5.74, 6) is 2.31. The minimum Gasteiger partial charge on any atom is -0.507 e. The number of fused-ring (bicyclic) bond motifs is 4. The van der Waals surface area contributed by atoms with Gasteiger partial charge in [-0.2, -0.15) is 0 Å². The Morgan fingerprint density at radius 2 is 1.52 bits per heavy atom. The first-order valence-electron chi connectivity index (χ1n) is 14.0. The number of hydrogen-bond acceptors (Lipinski definition) is 3. The molecule has 0 spiro atoms. The first-order valence-corrected chi connectivity index (χ1v) is 14.0. The van der Waals surface area contributed by atoms with Crippen molar-refractivity contribution < 1.29 is 5.11 Å². The van der Waals surface area contributed by atoms with E-state index in [0.717, 1.165) is 24.8 Å². The zero-order valence-corrected chi connectivity index (χ0v) is 22.2. The number of aromatic hydroxyl groups is 1. The molecular weight excluding hydrogens is 404 g/mol. The number of hydrogen-bond donors (Lipinski definition) is 1. The summed E-state index contributed by atoms with van der Waals surface area (Å²) in [5.41, 5.74) is 4.01. The van der Waals surface area contributed by atoms with Crippen LogP contribution in [0.5, 0.6) is 5.75 Å². The average Bonchev–Trinajstić information content (AvgIpc) is 3.07. The topological polar surface area (TPSA) is 26.7 Å². The Morgan fingerprint density at radius 1 is 0.909 bits per heavy atom. The van der Waals surface area contributed by atoms with Crippen LogP contribution < -0.4 is 0 Å². The Kier molecular flexibility index (Phi) is 8.11. The van der Waals surface area contributed by atoms with E-state index in [0.29, 0.717) is 17.8 Å². The fourth-order valence-corrected chi connectivity index (χ4v) is 7.68. The normalized spacial score (nSPS) is 32.5. The molecule has 1 aromatic rings. The molecule has 3 heteroatoms. The molecule has 2 bridgehead atoms. The lowest BCUT2D eigenvalue weighted by Gasteiger charge is -2.41. The van der Waals surface area contributed by atoms with Gasteiger partial charge in [0.15, 0.2) is 0 Å². The first kappa shape index (κ1) is 25.0. The van der Waals surface area contributed by atoms with Gasteiger partial charge in [0.05, 0.1) is 0 Å². The third-order valence-corrected chi connectivity index (χ3v) is 9.51. The molecule has 0 aromatic heterocycles. The quantitative estimate of drug-likeness (QED) is 0.463. The van der Waals surface area contributed by atoms with Crippen LogP contribution in [0.25, 0.3) is 0 Å². The van der Waals surface area contributed by atoms with E-state index in [2.05, 4.69) is 56.9 Å². The summed E-state index contributed by atoms with van der Waals surface area (Å²) in [7, 11) is 6.76.